The van der Waals surface area contributed by atoms with Crippen LogP contribution < -0.4 is 10.6 Å². The van der Waals surface area contributed by atoms with Gasteiger partial charge in [0.05, 0.1) is 0 Å². The fraction of sp³-hybridized carbons (Fsp3) is 0.870. The topological polar surface area (TPSA) is 142 Å². The van der Waals surface area contributed by atoms with E-state index >= 15 is 0 Å². The molecule has 0 radical (unpaired) electrons. The average molecular weight is 487 g/mol. The highest BCUT2D eigenvalue weighted by molar-refractivity contribution is 5.92. The highest BCUT2D eigenvalue weighted by Gasteiger charge is 2.62. The lowest BCUT2D eigenvalue weighted by molar-refractivity contribution is -0.231. The van der Waals surface area contributed by atoms with Crippen molar-refractivity contribution in [3.05, 3.63) is 0 Å². The Bertz CT molecular complexity index is 797. The van der Waals surface area contributed by atoms with E-state index in [9.17, 15) is 19.5 Å². The quantitative estimate of drug-likeness (QED) is 0.460. The molecule has 0 bridgehead atoms. The molecule has 0 aromatic heterocycles. The molecule has 3 rings (SSSR count). The summed E-state index contributed by atoms with van der Waals surface area (Å²) in [6.45, 7) is 14.2. The number of hydrogen-bond donors (Lipinski definition) is 3. The van der Waals surface area contributed by atoms with Crippen LogP contribution in [0.5, 0.6) is 0 Å². The van der Waals surface area contributed by atoms with Crippen LogP contribution in [-0.2, 0) is 38.1 Å². The SMILES string of the molecule is CC(C)C[C@H](NC(=O)[C@H](NC(=O)[C@@H]1O[C@@H]2OC(C)(C)O[C@@H]2[C@@H]2OC(C)(C)O[C@@H]21)C(C)C)C(=O)O. The number of nitrogens with one attached hydrogen (secondary N) is 2. The standard InChI is InChI=1S/C23H38N2O9/c1-10(2)9-12(20(28)29)24-18(26)13(11(3)4)25-19(27)16-14-15(32-22(5,6)31-14)17-21(30-16)34-23(7,8)33-17/h10-17,21H,9H2,1-8H3,(H,24,26)(H,25,27)(H,28,29)/t12-,13+,14-,15+,16+,17+,21+/m0/s1. The molecule has 2 amide bonds. The lowest BCUT2D eigenvalue weighted by atomic mass is 9.96. The maximum absolute atomic E-state index is 13.4. The minimum absolute atomic E-state index is 0.0646. The third-order valence-corrected chi connectivity index (χ3v) is 5.98. The number of rotatable bonds is 8. The van der Waals surface area contributed by atoms with Crippen LogP contribution in [0.25, 0.3) is 0 Å². The molecule has 3 aliphatic heterocycles. The van der Waals surface area contributed by atoms with Crippen molar-refractivity contribution in [1.82, 2.24) is 10.6 Å². The predicted octanol–water partition coefficient (Wildman–Crippen LogP) is 1.14. The Morgan fingerprint density at radius 1 is 0.853 bits per heavy atom. The van der Waals surface area contributed by atoms with Crippen molar-refractivity contribution < 1.29 is 43.2 Å². The van der Waals surface area contributed by atoms with Crippen molar-refractivity contribution in [1.29, 1.82) is 0 Å². The Labute approximate surface area is 200 Å². The van der Waals surface area contributed by atoms with E-state index in [1.807, 2.05) is 13.8 Å². The van der Waals surface area contributed by atoms with Gasteiger partial charge < -0.3 is 39.4 Å². The number of carbonyl (C=O) groups excluding carboxylic acids is 2. The number of carboxylic acid groups (broad SMARTS) is 1. The summed E-state index contributed by atoms with van der Waals surface area (Å²) in [5.74, 6) is -4.42. The van der Waals surface area contributed by atoms with Crippen molar-refractivity contribution in [3.63, 3.8) is 0 Å². The summed E-state index contributed by atoms with van der Waals surface area (Å²) in [5.41, 5.74) is 0. The minimum atomic E-state index is -1.12. The van der Waals surface area contributed by atoms with Crippen LogP contribution in [0.1, 0.15) is 61.8 Å². The van der Waals surface area contributed by atoms with Gasteiger partial charge in [0.2, 0.25) is 5.91 Å². The molecule has 0 unspecified atom stereocenters. The number of aliphatic carboxylic acids is 1. The molecular formula is C23H38N2O9. The highest BCUT2D eigenvalue weighted by atomic mass is 16.9. The van der Waals surface area contributed by atoms with E-state index in [2.05, 4.69) is 10.6 Å². The van der Waals surface area contributed by atoms with Crippen LogP contribution in [0.15, 0.2) is 0 Å². The minimum Gasteiger partial charge on any atom is -0.480 e. The van der Waals surface area contributed by atoms with E-state index in [1.54, 1.807) is 41.5 Å². The van der Waals surface area contributed by atoms with Gasteiger partial charge in [-0.2, -0.15) is 0 Å². The fourth-order valence-electron chi connectivity index (χ4n) is 4.55. The average Bonchev–Trinajstić information content (AvgIpc) is 3.17. The normalized spacial score (nSPS) is 33.2. The molecule has 3 heterocycles. The first-order chi connectivity index (χ1) is 15.6. The van der Waals surface area contributed by atoms with Gasteiger partial charge in [-0.05, 0) is 46.0 Å². The third kappa shape index (κ3) is 5.88. The second-order valence-corrected chi connectivity index (χ2v) is 10.8. The van der Waals surface area contributed by atoms with Gasteiger partial charge in [0.1, 0.15) is 30.4 Å². The Hall–Kier alpha value is -1.79. The summed E-state index contributed by atoms with van der Waals surface area (Å²) in [7, 11) is 0. The van der Waals surface area contributed by atoms with Crippen LogP contribution >= 0.6 is 0 Å². The second kappa shape index (κ2) is 9.69. The largest absolute Gasteiger partial charge is 0.480 e. The molecule has 3 fully saturated rings. The molecule has 3 aliphatic rings. The van der Waals surface area contributed by atoms with Crippen LogP contribution in [0.2, 0.25) is 0 Å². The molecule has 0 aromatic rings. The molecule has 0 aliphatic carbocycles. The third-order valence-electron chi connectivity index (χ3n) is 5.98. The Morgan fingerprint density at radius 2 is 1.41 bits per heavy atom. The van der Waals surface area contributed by atoms with Crippen LogP contribution in [0.3, 0.4) is 0 Å². The Kier molecular flexibility index (Phi) is 7.64. The van der Waals surface area contributed by atoms with Crippen LogP contribution in [-0.4, -0.2) is 77.3 Å². The molecule has 0 aromatic carbocycles. The van der Waals surface area contributed by atoms with Gasteiger partial charge >= 0.3 is 5.97 Å². The molecule has 194 valence electrons. The zero-order valence-electron chi connectivity index (χ0n) is 21.1. The first-order valence-corrected chi connectivity index (χ1v) is 11.8. The lowest BCUT2D eigenvalue weighted by Gasteiger charge is -2.37. The molecule has 0 spiro atoms. The molecule has 11 heteroatoms. The van der Waals surface area contributed by atoms with Gasteiger partial charge in [0.25, 0.3) is 5.91 Å². The number of carboxylic acids is 1. The number of carbonyl (C=O) groups is 3. The number of fused-ring (bicyclic) bond motifs is 3. The molecule has 11 nitrogen and oxygen atoms in total. The summed E-state index contributed by atoms with van der Waals surface area (Å²) < 4.78 is 29.7. The maximum atomic E-state index is 13.4. The van der Waals surface area contributed by atoms with E-state index < -0.39 is 72.1 Å². The van der Waals surface area contributed by atoms with Crippen LogP contribution in [0, 0.1) is 11.8 Å². The van der Waals surface area contributed by atoms with Gasteiger partial charge in [-0.1, -0.05) is 27.7 Å². The predicted molar refractivity (Wildman–Crippen MR) is 118 cm³/mol. The van der Waals surface area contributed by atoms with E-state index in [4.69, 9.17) is 23.7 Å². The number of amides is 2. The molecule has 3 saturated heterocycles. The van der Waals surface area contributed by atoms with E-state index in [-0.39, 0.29) is 18.3 Å². The highest BCUT2D eigenvalue weighted by Crippen LogP contribution is 2.44. The van der Waals surface area contributed by atoms with Gasteiger partial charge in [0.15, 0.2) is 24.0 Å². The monoisotopic (exact) mass is 486 g/mol. The molecule has 34 heavy (non-hydrogen) atoms. The zero-order valence-corrected chi connectivity index (χ0v) is 21.1. The summed E-state index contributed by atoms with van der Waals surface area (Å²) in [4.78, 5) is 37.9. The van der Waals surface area contributed by atoms with Crippen molar-refractivity contribution in [2.45, 2.75) is 116 Å². The molecular weight excluding hydrogens is 448 g/mol. The first kappa shape index (κ1) is 26.8. The van der Waals surface area contributed by atoms with Crippen molar-refractivity contribution in [2.24, 2.45) is 11.8 Å². The van der Waals surface area contributed by atoms with Gasteiger partial charge in [-0.15, -0.1) is 0 Å². The van der Waals surface area contributed by atoms with Crippen LogP contribution in [0.4, 0.5) is 0 Å². The summed E-state index contributed by atoms with van der Waals surface area (Å²) >= 11 is 0. The molecule has 3 N–H and O–H groups in total. The van der Waals surface area contributed by atoms with E-state index in [0.29, 0.717) is 0 Å². The van der Waals surface area contributed by atoms with Gasteiger partial charge in [-0.25, -0.2) is 4.79 Å². The van der Waals surface area contributed by atoms with Crippen molar-refractivity contribution >= 4 is 17.8 Å². The Balaban J connectivity index is 1.76. The van der Waals surface area contributed by atoms with Gasteiger partial charge in [0, 0.05) is 0 Å². The maximum Gasteiger partial charge on any atom is 0.326 e. The second-order valence-electron chi connectivity index (χ2n) is 10.8. The number of hydrogen-bond acceptors (Lipinski definition) is 8. The lowest BCUT2D eigenvalue weighted by Crippen LogP contribution is -2.62. The van der Waals surface area contributed by atoms with Gasteiger partial charge in [-0.3, -0.25) is 9.59 Å². The molecule has 7 atom stereocenters. The zero-order chi connectivity index (χ0) is 25.6. The summed E-state index contributed by atoms with van der Waals surface area (Å²) in [6, 6.07) is -2.03. The summed E-state index contributed by atoms with van der Waals surface area (Å²) in [5, 5.41) is 14.8. The molecule has 0 saturated carbocycles. The van der Waals surface area contributed by atoms with Crippen molar-refractivity contribution in [2.75, 3.05) is 0 Å². The summed E-state index contributed by atoms with van der Waals surface area (Å²) in [6.07, 6.45) is -3.67. The van der Waals surface area contributed by atoms with E-state index in [1.165, 1.54) is 0 Å². The van der Waals surface area contributed by atoms with E-state index in [0.717, 1.165) is 0 Å². The Morgan fingerprint density at radius 3 is 1.97 bits per heavy atom. The smallest absolute Gasteiger partial charge is 0.326 e. The number of ether oxygens (including phenoxy) is 5. The van der Waals surface area contributed by atoms with Crippen molar-refractivity contribution in [3.8, 4) is 0 Å². The fourth-order valence-corrected chi connectivity index (χ4v) is 4.55. The first-order valence-electron chi connectivity index (χ1n) is 11.8.